The van der Waals surface area contributed by atoms with Crippen LogP contribution in [-0.2, 0) is 4.79 Å². The molecule has 0 saturated carbocycles. The van der Waals surface area contributed by atoms with Crippen molar-refractivity contribution in [1.82, 2.24) is 24.9 Å². The number of aliphatic imine (C=N–C) groups is 1. The van der Waals surface area contributed by atoms with Gasteiger partial charge in [0.05, 0.1) is 12.1 Å². The van der Waals surface area contributed by atoms with Crippen LogP contribution in [0.2, 0.25) is 0 Å². The largest absolute Gasteiger partial charge is 0.354 e. The fourth-order valence-electron chi connectivity index (χ4n) is 5.14. The van der Waals surface area contributed by atoms with E-state index in [0.29, 0.717) is 11.9 Å². The molecule has 0 spiro atoms. The number of piperazine rings is 1. The zero-order chi connectivity index (χ0) is 21.6. The minimum Gasteiger partial charge on any atom is -0.354 e. The number of hydrogen-bond donors (Lipinski definition) is 1. The molecule has 8 heteroatoms. The lowest BCUT2D eigenvalue weighted by Gasteiger charge is -2.40. The van der Waals surface area contributed by atoms with Gasteiger partial charge in [-0.2, -0.15) is 0 Å². The summed E-state index contributed by atoms with van der Waals surface area (Å²) in [6, 6.07) is 4.81. The summed E-state index contributed by atoms with van der Waals surface area (Å²) < 4.78 is 0. The molecule has 0 aliphatic carbocycles. The summed E-state index contributed by atoms with van der Waals surface area (Å²) in [5.41, 5.74) is 0. The summed E-state index contributed by atoms with van der Waals surface area (Å²) in [4.78, 5) is 28.1. The zero-order valence-electron chi connectivity index (χ0n) is 19.1. The number of guanidine groups is 1. The van der Waals surface area contributed by atoms with Crippen LogP contribution in [0.25, 0.3) is 0 Å². The number of rotatable bonds is 6. The average molecular weight is 447 g/mol. The SMILES string of the molecule is CN=C(NCC(c1cccs1)N1CCCC1)N1CCN(C(C)C(=O)N2CCCC2)CC1. The van der Waals surface area contributed by atoms with Gasteiger partial charge in [-0.25, -0.2) is 0 Å². The molecule has 1 N–H and O–H groups in total. The first-order valence-corrected chi connectivity index (χ1v) is 12.8. The van der Waals surface area contributed by atoms with Crippen molar-refractivity contribution < 1.29 is 4.79 Å². The van der Waals surface area contributed by atoms with Crippen LogP contribution in [0, 0.1) is 0 Å². The Morgan fingerprint density at radius 2 is 1.68 bits per heavy atom. The maximum Gasteiger partial charge on any atom is 0.239 e. The Balaban J connectivity index is 1.29. The molecule has 3 saturated heterocycles. The van der Waals surface area contributed by atoms with Gasteiger partial charge in [0.1, 0.15) is 0 Å². The molecule has 7 nitrogen and oxygen atoms in total. The number of amides is 1. The first kappa shape index (κ1) is 22.6. The summed E-state index contributed by atoms with van der Waals surface area (Å²) >= 11 is 1.85. The van der Waals surface area contributed by atoms with Crippen molar-refractivity contribution >= 4 is 23.2 Å². The third-order valence-electron chi connectivity index (χ3n) is 7.06. The maximum absolute atomic E-state index is 12.8. The maximum atomic E-state index is 12.8. The van der Waals surface area contributed by atoms with Crippen molar-refractivity contribution in [2.24, 2.45) is 4.99 Å². The summed E-state index contributed by atoms with van der Waals surface area (Å²) in [7, 11) is 1.88. The Labute approximate surface area is 191 Å². The molecule has 4 heterocycles. The van der Waals surface area contributed by atoms with E-state index in [1.165, 1.54) is 30.8 Å². The molecule has 1 aromatic heterocycles. The Morgan fingerprint density at radius 3 is 2.29 bits per heavy atom. The van der Waals surface area contributed by atoms with Gasteiger partial charge in [-0.3, -0.25) is 19.6 Å². The zero-order valence-corrected chi connectivity index (χ0v) is 19.9. The molecule has 0 aromatic carbocycles. The molecule has 1 aromatic rings. The molecule has 0 radical (unpaired) electrons. The average Bonchev–Trinajstić information content (AvgIpc) is 3.59. The lowest BCUT2D eigenvalue weighted by Crippen LogP contribution is -2.57. The Bertz CT molecular complexity index is 718. The van der Waals surface area contributed by atoms with Gasteiger partial charge in [-0.15, -0.1) is 11.3 Å². The molecule has 1 amide bonds. The van der Waals surface area contributed by atoms with Gasteiger partial charge in [-0.1, -0.05) is 6.07 Å². The molecule has 172 valence electrons. The molecule has 4 rings (SSSR count). The summed E-state index contributed by atoms with van der Waals surface area (Å²) in [6.45, 7) is 10.8. The first-order valence-electron chi connectivity index (χ1n) is 11.9. The minimum atomic E-state index is -0.0198. The monoisotopic (exact) mass is 446 g/mol. The third kappa shape index (κ3) is 5.41. The van der Waals surface area contributed by atoms with Crippen LogP contribution in [-0.4, -0.2) is 103 Å². The van der Waals surface area contributed by atoms with Crippen LogP contribution >= 0.6 is 11.3 Å². The number of carbonyl (C=O) groups is 1. The number of likely N-dealkylation sites (tertiary alicyclic amines) is 2. The van der Waals surface area contributed by atoms with Gasteiger partial charge < -0.3 is 15.1 Å². The van der Waals surface area contributed by atoms with E-state index in [2.05, 4.69) is 49.4 Å². The normalized spacial score (nSPS) is 23.4. The van der Waals surface area contributed by atoms with E-state index >= 15 is 0 Å². The van der Waals surface area contributed by atoms with Gasteiger partial charge in [0, 0.05) is 57.7 Å². The van der Waals surface area contributed by atoms with Gasteiger partial charge in [-0.05, 0) is 57.1 Å². The highest BCUT2D eigenvalue weighted by molar-refractivity contribution is 7.10. The van der Waals surface area contributed by atoms with Gasteiger partial charge >= 0.3 is 0 Å². The van der Waals surface area contributed by atoms with Gasteiger partial charge in [0.15, 0.2) is 5.96 Å². The molecule has 0 bridgehead atoms. The van der Waals surface area contributed by atoms with Gasteiger partial charge in [0.25, 0.3) is 0 Å². The second-order valence-electron chi connectivity index (χ2n) is 8.93. The number of nitrogens with one attached hydrogen (secondary N) is 1. The fraction of sp³-hybridized carbons (Fsp3) is 0.739. The highest BCUT2D eigenvalue weighted by Crippen LogP contribution is 2.28. The van der Waals surface area contributed by atoms with Crippen LogP contribution in [0.3, 0.4) is 0 Å². The van der Waals surface area contributed by atoms with Crippen molar-refractivity contribution in [3.63, 3.8) is 0 Å². The predicted molar refractivity (Wildman–Crippen MR) is 128 cm³/mol. The molecule has 3 aliphatic heterocycles. The highest BCUT2D eigenvalue weighted by Gasteiger charge is 2.31. The van der Waals surface area contributed by atoms with E-state index in [4.69, 9.17) is 0 Å². The lowest BCUT2D eigenvalue weighted by atomic mass is 10.2. The third-order valence-corrected chi connectivity index (χ3v) is 8.03. The second kappa shape index (κ2) is 10.8. The Kier molecular flexibility index (Phi) is 7.85. The molecular weight excluding hydrogens is 408 g/mol. The highest BCUT2D eigenvalue weighted by atomic mass is 32.1. The van der Waals surface area contributed by atoms with E-state index in [1.807, 2.05) is 23.3 Å². The van der Waals surface area contributed by atoms with Crippen molar-refractivity contribution in [2.75, 3.05) is 66.0 Å². The van der Waals surface area contributed by atoms with Crippen molar-refractivity contribution in [2.45, 2.75) is 44.7 Å². The Hall–Kier alpha value is -1.64. The minimum absolute atomic E-state index is 0.0198. The van der Waals surface area contributed by atoms with E-state index in [9.17, 15) is 4.79 Å². The van der Waals surface area contributed by atoms with E-state index < -0.39 is 0 Å². The summed E-state index contributed by atoms with van der Waals surface area (Å²) in [6.07, 6.45) is 4.90. The van der Waals surface area contributed by atoms with Gasteiger partial charge in [0.2, 0.25) is 5.91 Å². The van der Waals surface area contributed by atoms with Crippen molar-refractivity contribution in [3.05, 3.63) is 22.4 Å². The van der Waals surface area contributed by atoms with E-state index in [-0.39, 0.29) is 6.04 Å². The number of carbonyl (C=O) groups excluding carboxylic acids is 1. The first-order chi connectivity index (χ1) is 15.2. The van der Waals surface area contributed by atoms with E-state index in [0.717, 1.165) is 64.6 Å². The molecule has 3 fully saturated rings. The van der Waals surface area contributed by atoms with Crippen LogP contribution in [0.5, 0.6) is 0 Å². The second-order valence-corrected chi connectivity index (χ2v) is 9.91. The van der Waals surface area contributed by atoms with Crippen LogP contribution < -0.4 is 5.32 Å². The molecule has 2 atom stereocenters. The predicted octanol–water partition coefficient (Wildman–Crippen LogP) is 2.09. The van der Waals surface area contributed by atoms with E-state index in [1.54, 1.807) is 0 Å². The number of nitrogens with zero attached hydrogens (tertiary/aromatic N) is 5. The summed E-state index contributed by atoms with van der Waals surface area (Å²) in [5.74, 6) is 1.29. The van der Waals surface area contributed by atoms with Crippen LogP contribution in [0.15, 0.2) is 22.5 Å². The summed E-state index contributed by atoms with van der Waals surface area (Å²) in [5, 5.41) is 5.84. The molecule has 31 heavy (non-hydrogen) atoms. The number of thiophene rings is 1. The molecule has 3 aliphatic rings. The molecule has 2 unspecified atom stereocenters. The van der Waals surface area contributed by atoms with Crippen LogP contribution in [0.4, 0.5) is 0 Å². The Morgan fingerprint density at radius 1 is 1.00 bits per heavy atom. The number of hydrogen-bond acceptors (Lipinski definition) is 5. The van der Waals surface area contributed by atoms with Crippen molar-refractivity contribution in [3.8, 4) is 0 Å². The molecular formula is C23H38N6OS. The topological polar surface area (TPSA) is 54.4 Å². The van der Waals surface area contributed by atoms with Crippen molar-refractivity contribution in [1.29, 1.82) is 0 Å². The smallest absolute Gasteiger partial charge is 0.239 e. The quantitative estimate of drug-likeness (QED) is 0.536. The lowest BCUT2D eigenvalue weighted by molar-refractivity contribution is -0.135. The fourth-order valence-corrected chi connectivity index (χ4v) is 6.00. The van der Waals surface area contributed by atoms with Crippen LogP contribution in [0.1, 0.15) is 43.5 Å². The standard InChI is InChI=1S/C23H38N6OS/c1-19(22(30)28-11-5-6-12-28)26-13-15-29(16-14-26)23(24-2)25-18-20(21-8-7-17-31-21)27-9-3-4-10-27/h7-8,17,19-20H,3-6,9-16,18H2,1-2H3,(H,24,25).